The largest absolute Gasteiger partial charge is 0.295 e. The van der Waals surface area contributed by atoms with Crippen molar-refractivity contribution in [1.82, 2.24) is 5.32 Å². The molecule has 0 bridgehead atoms. The Morgan fingerprint density at radius 2 is 1.95 bits per heavy atom. The van der Waals surface area contributed by atoms with Crippen LogP contribution in [0.1, 0.15) is 32.1 Å². The van der Waals surface area contributed by atoms with Gasteiger partial charge in [0, 0.05) is 12.2 Å². The SMILES string of the molecule is O=C1NC(=O)C2(C3CCCCC3)C=CC([N+](=O)[O-])=CC12. The van der Waals surface area contributed by atoms with Crippen molar-refractivity contribution >= 4 is 11.8 Å². The van der Waals surface area contributed by atoms with Gasteiger partial charge in [0.15, 0.2) is 0 Å². The van der Waals surface area contributed by atoms with Crippen molar-refractivity contribution in [2.75, 3.05) is 0 Å². The molecule has 1 aliphatic heterocycles. The maximum Gasteiger partial charge on any atom is 0.266 e. The number of rotatable bonds is 2. The van der Waals surface area contributed by atoms with Crippen LogP contribution in [0.15, 0.2) is 23.9 Å². The molecule has 1 saturated carbocycles. The lowest BCUT2D eigenvalue weighted by Crippen LogP contribution is -2.42. The predicted octanol–water partition coefficient (Wildman–Crippen LogP) is 1.56. The molecule has 2 unspecified atom stereocenters. The van der Waals surface area contributed by atoms with E-state index in [2.05, 4.69) is 5.32 Å². The first kappa shape index (κ1) is 13.0. The van der Waals surface area contributed by atoms with Gasteiger partial charge in [0.1, 0.15) is 0 Å². The van der Waals surface area contributed by atoms with Crippen molar-refractivity contribution in [2.24, 2.45) is 17.3 Å². The van der Waals surface area contributed by atoms with Gasteiger partial charge in [-0.1, -0.05) is 25.3 Å². The molecule has 106 valence electrons. The Bertz CT molecular complexity index is 545. The lowest BCUT2D eigenvalue weighted by atomic mass is 9.61. The van der Waals surface area contributed by atoms with Crippen LogP contribution in [0.4, 0.5) is 0 Å². The molecule has 2 fully saturated rings. The first-order chi connectivity index (χ1) is 9.55. The van der Waals surface area contributed by atoms with Gasteiger partial charge in [-0.15, -0.1) is 0 Å². The van der Waals surface area contributed by atoms with Crippen LogP contribution in [0, 0.1) is 27.4 Å². The molecule has 0 aromatic carbocycles. The number of fused-ring (bicyclic) bond motifs is 1. The first-order valence-corrected chi connectivity index (χ1v) is 6.96. The molecular formula is C14H16N2O4. The van der Waals surface area contributed by atoms with E-state index in [1.807, 2.05) is 0 Å². The van der Waals surface area contributed by atoms with Crippen molar-refractivity contribution in [1.29, 1.82) is 0 Å². The van der Waals surface area contributed by atoms with Crippen LogP contribution in [0.25, 0.3) is 0 Å². The van der Waals surface area contributed by atoms with E-state index >= 15 is 0 Å². The average Bonchev–Trinajstić information content (AvgIpc) is 2.72. The van der Waals surface area contributed by atoms with Crippen molar-refractivity contribution in [3.63, 3.8) is 0 Å². The minimum Gasteiger partial charge on any atom is -0.295 e. The zero-order valence-electron chi connectivity index (χ0n) is 11.0. The number of imide groups is 1. The molecule has 3 rings (SSSR count). The molecule has 0 radical (unpaired) electrons. The number of allylic oxidation sites excluding steroid dienone is 1. The number of amides is 2. The fourth-order valence-electron chi connectivity index (χ4n) is 3.78. The van der Waals surface area contributed by atoms with Gasteiger partial charge in [-0.05, 0) is 18.8 Å². The van der Waals surface area contributed by atoms with Gasteiger partial charge in [0.2, 0.25) is 11.8 Å². The lowest BCUT2D eigenvalue weighted by Gasteiger charge is -2.38. The molecule has 6 heteroatoms. The Balaban J connectivity index is 2.03. The highest BCUT2D eigenvalue weighted by Gasteiger charge is 2.58. The second kappa shape index (κ2) is 4.54. The van der Waals surface area contributed by atoms with E-state index in [4.69, 9.17) is 0 Å². The second-order valence-electron chi connectivity index (χ2n) is 5.75. The van der Waals surface area contributed by atoms with E-state index in [9.17, 15) is 19.7 Å². The molecule has 20 heavy (non-hydrogen) atoms. The third-order valence-corrected chi connectivity index (χ3v) is 4.79. The molecule has 6 nitrogen and oxygen atoms in total. The molecule has 1 N–H and O–H groups in total. The quantitative estimate of drug-likeness (QED) is 0.471. The number of nitrogens with one attached hydrogen (secondary N) is 1. The second-order valence-corrected chi connectivity index (χ2v) is 5.75. The maximum absolute atomic E-state index is 12.3. The summed E-state index contributed by atoms with van der Waals surface area (Å²) < 4.78 is 0. The van der Waals surface area contributed by atoms with E-state index in [1.165, 1.54) is 12.2 Å². The van der Waals surface area contributed by atoms with Gasteiger partial charge < -0.3 is 0 Å². The summed E-state index contributed by atoms with van der Waals surface area (Å²) in [5, 5.41) is 13.2. The molecule has 2 amide bonds. The Kier molecular flexibility index (Phi) is 2.96. The first-order valence-electron chi connectivity index (χ1n) is 6.96. The summed E-state index contributed by atoms with van der Waals surface area (Å²) in [6.07, 6.45) is 9.34. The van der Waals surface area contributed by atoms with Gasteiger partial charge in [-0.25, -0.2) is 0 Å². The van der Waals surface area contributed by atoms with Crippen LogP contribution in [0.3, 0.4) is 0 Å². The van der Waals surface area contributed by atoms with Crippen molar-refractivity contribution in [3.05, 3.63) is 34.0 Å². The summed E-state index contributed by atoms with van der Waals surface area (Å²) >= 11 is 0. The summed E-state index contributed by atoms with van der Waals surface area (Å²) in [5.41, 5.74) is -1.01. The van der Waals surface area contributed by atoms with E-state index in [0.29, 0.717) is 0 Å². The highest BCUT2D eigenvalue weighted by Crippen LogP contribution is 2.50. The summed E-state index contributed by atoms with van der Waals surface area (Å²) in [4.78, 5) is 34.7. The number of nitrogens with zero attached hydrogens (tertiary/aromatic N) is 1. The molecule has 2 aliphatic carbocycles. The number of carbonyl (C=O) groups is 2. The third kappa shape index (κ3) is 1.71. The monoisotopic (exact) mass is 276 g/mol. The summed E-state index contributed by atoms with van der Waals surface area (Å²) in [7, 11) is 0. The molecular weight excluding hydrogens is 260 g/mol. The summed E-state index contributed by atoms with van der Waals surface area (Å²) in [5.74, 6) is -1.35. The van der Waals surface area contributed by atoms with E-state index < -0.39 is 22.2 Å². The maximum atomic E-state index is 12.3. The van der Waals surface area contributed by atoms with Crippen LogP contribution >= 0.6 is 0 Å². The average molecular weight is 276 g/mol. The van der Waals surface area contributed by atoms with E-state index in [1.54, 1.807) is 6.08 Å². The van der Waals surface area contributed by atoms with Gasteiger partial charge >= 0.3 is 0 Å². The standard InChI is InChI=1S/C14H16N2O4/c17-12-11-8-10(16(19)20)6-7-14(11,13(18)15-12)9-4-2-1-3-5-9/h6-9,11H,1-5H2,(H,15,17,18). The Morgan fingerprint density at radius 3 is 2.60 bits per heavy atom. The normalized spacial score (nSPS) is 33.6. The Labute approximate surface area is 116 Å². The minimum absolute atomic E-state index is 0.0912. The molecule has 3 aliphatic rings. The molecule has 0 aromatic heterocycles. The summed E-state index contributed by atoms with van der Waals surface area (Å²) in [6.45, 7) is 0. The van der Waals surface area contributed by atoms with E-state index in [0.717, 1.165) is 32.1 Å². The number of nitro groups is 1. The Morgan fingerprint density at radius 1 is 1.25 bits per heavy atom. The van der Waals surface area contributed by atoms with Crippen LogP contribution in [-0.2, 0) is 9.59 Å². The van der Waals surface area contributed by atoms with Gasteiger partial charge in [0.05, 0.1) is 16.3 Å². The molecule has 0 spiro atoms. The van der Waals surface area contributed by atoms with Crippen molar-refractivity contribution in [3.8, 4) is 0 Å². The lowest BCUT2D eigenvalue weighted by molar-refractivity contribution is -0.419. The Hall–Kier alpha value is -1.98. The predicted molar refractivity (Wildman–Crippen MR) is 69.9 cm³/mol. The van der Waals surface area contributed by atoms with Gasteiger partial charge in [-0.3, -0.25) is 25.0 Å². The highest BCUT2D eigenvalue weighted by molar-refractivity contribution is 6.10. The van der Waals surface area contributed by atoms with Crippen LogP contribution in [0.2, 0.25) is 0 Å². The van der Waals surface area contributed by atoms with Gasteiger partial charge in [0.25, 0.3) is 5.70 Å². The smallest absolute Gasteiger partial charge is 0.266 e. The zero-order valence-corrected chi connectivity index (χ0v) is 11.0. The topological polar surface area (TPSA) is 89.3 Å². The molecule has 0 aromatic rings. The molecule has 1 heterocycles. The van der Waals surface area contributed by atoms with Gasteiger partial charge in [-0.2, -0.15) is 0 Å². The van der Waals surface area contributed by atoms with Crippen LogP contribution < -0.4 is 5.32 Å². The number of hydrogen-bond acceptors (Lipinski definition) is 4. The zero-order chi connectivity index (χ0) is 14.3. The van der Waals surface area contributed by atoms with Crippen LogP contribution in [0.5, 0.6) is 0 Å². The fraction of sp³-hybridized carbons (Fsp3) is 0.571. The van der Waals surface area contributed by atoms with E-state index in [-0.39, 0.29) is 17.5 Å². The minimum atomic E-state index is -0.906. The van der Waals surface area contributed by atoms with Crippen LogP contribution in [-0.4, -0.2) is 16.7 Å². The third-order valence-electron chi connectivity index (χ3n) is 4.79. The fourth-order valence-corrected chi connectivity index (χ4v) is 3.78. The summed E-state index contributed by atoms with van der Waals surface area (Å²) in [6, 6.07) is 0. The molecule has 1 saturated heterocycles. The number of carbonyl (C=O) groups excluding carboxylic acids is 2. The van der Waals surface area contributed by atoms with Crippen molar-refractivity contribution < 1.29 is 14.5 Å². The van der Waals surface area contributed by atoms with Crippen molar-refractivity contribution in [2.45, 2.75) is 32.1 Å². The highest BCUT2D eigenvalue weighted by atomic mass is 16.6. The molecule has 2 atom stereocenters. The number of hydrogen-bond donors (Lipinski definition) is 1.